The third kappa shape index (κ3) is 2.57. The molecule has 0 heterocycles. The molecule has 0 amide bonds. The second-order valence-corrected chi connectivity index (χ2v) is 5.18. The van der Waals surface area contributed by atoms with Crippen LogP contribution in [0.5, 0.6) is 0 Å². The number of hydrogen-bond acceptors (Lipinski definition) is 1. The van der Waals surface area contributed by atoms with Crippen LogP contribution in [0.1, 0.15) is 52.9 Å². The Kier molecular flexibility index (Phi) is 3.18. The van der Waals surface area contributed by atoms with Gasteiger partial charge in [0.1, 0.15) is 0 Å². The average molecular weight is 182 g/mol. The second-order valence-electron chi connectivity index (χ2n) is 5.18. The first kappa shape index (κ1) is 10.8. The number of hydrogen-bond donors (Lipinski definition) is 1. The van der Waals surface area contributed by atoms with Gasteiger partial charge in [0.2, 0.25) is 0 Å². The lowest BCUT2D eigenvalue weighted by Gasteiger charge is -2.39. The van der Waals surface area contributed by atoms with Crippen molar-refractivity contribution in [2.45, 2.75) is 58.5 Å². The quantitative estimate of drug-likeness (QED) is 0.570. The molecule has 0 saturated carbocycles. The molecule has 0 aromatic rings. The smallest absolute Gasteiger partial charge is 0.0875 e. The summed E-state index contributed by atoms with van der Waals surface area (Å²) in [5.74, 6) is 0. The predicted molar refractivity (Wildman–Crippen MR) is 56.6 cm³/mol. The lowest BCUT2D eigenvalue weighted by Crippen LogP contribution is -2.41. The van der Waals surface area contributed by atoms with Gasteiger partial charge < -0.3 is 5.11 Å². The summed E-state index contributed by atoms with van der Waals surface area (Å²) in [5.41, 5.74) is -0.631. The number of allylic oxidation sites excluding steroid dienone is 1. The number of rotatable bonds is 0. The van der Waals surface area contributed by atoms with Crippen LogP contribution in [0.2, 0.25) is 0 Å². The van der Waals surface area contributed by atoms with Gasteiger partial charge in [-0.15, -0.1) is 0 Å². The van der Waals surface area contributed by atoms with Crippen LogP contribution < -0.4 is 0 Å². The zero-order chi connectivity index (χ0) is 9.95. The number of aliphatic hydroxyl groups is 1. The molecule has 1 heteroatoms. The Morgan fingerprint density at radius 1 is 1.15 bits per heavy atom. The highest BCUT2D eigenvalue weighted by Crippen LogP contribution is 2.37. The van der Waals surface area contributed by atoms with E-state index >= 15 is 0 Å². The molecule has 1 aliphatic rings. The maximum Gasteiger partial charge on any atom is 0.0875 e. The van der Waals surface area contributed by atoms with E-state index in [9.17, 15) is 5.11 Å². The summed E-state index contributed by atoms with van der Waals surface area (Å²) in [6, 6.07) is 0. The fraction of sp³-hybridized carbons (Fsp3) is 0.833. The van der Waals surface area contributed by atoms with Crippen molar-refractivity contribution in [3.8, 4) is 0 Å². The van der Waals surface area contributed by atoms with Gasteiger partial charge in [0.05, 0.1) is 5.60 Å². The lowest BCUT2D eigenvalue weighted by molar-refractivity contribution is -0.0236. The summed E-state index contributed by atoms with van der Waals surface area (Å²) in [6.07, 6.45) is 9.87. The van der Waals surface area contributed by atoms with Gasteiger partial charge in [-0.3, -0.25) is 0 Å². The first-order chi connectivity index (χ1) is 5.96. The predicted octanol–water partition coefficient (Wildman–Crippen LogP) is 3.28. The third-order valence-electron chi connectivity index (χ3n) is 3.12. The summed E-state index contributed by atoms with van der Waals surface area (Å²) >= 11 is 0. The van der Waals surface area contributed by atoms with Gasteiger partial charge in [-0.1, -0.05) is 45.8 Å². The maximum absolute atomic E-state index is 10.4. The highest BCUT2D eigenvalue weighted by molar-refractivity contribution is 5.07. The van der Waals surface area contributed by atoms with Crippen molar-refractivity contribution >= 4 is 0 Å². The topological polar surface area (TPSA) is 20.2 Å². The molecule has 0 radical (unpaired) electrons. The van der Waals surface area contributed by atoms with E-state index < -0.39 is 5.60 Å². The molecule has 0 aromatic heterocycles. The fourth-order valence-electron chi connectivity index (χ4n) is 1.82. The van der Waals surface area contributed by atoms with E-state index in [0.717, 1.165) is 19.3 Å². The first-order valence-electron chi connectivity index (χ1n) is 5.36. The van der Waals surface area contributed by atoms with Gasteiger partial charge in [0, 0.05) is 0 Å². The van der Waals surface area contributed by atoms with E-state index in [1.807, 2.05) is 6.08 Å². The zero-order valence-electron chi connectivity index (χ0n) is 9.14. The van der Waals surface area contributed by atoms with Gasteiger partial charge in [-0.2, -0.15) is 0 Å². The van der Waals surface area contributed by atoms with Gasteiger partial charge in [-0.05, 0) is 24.7 Å². The Morgan fingerprint density at radius 2 is 1.85 bits per heavy atom. The minimum absolute atomic E-state index is 0.0408. The molecule has 1 atom stereocenters. The second kappa shape index (κ2) is 3.83. The van der Waals surface area contributed by atoms with E-state index in [-0.39, 0.29) is 5.41 Å². The van der Waals surface area contributed by atoms with E-state index in [1.165, 1.54) is 12.8 Å². The molecule has 0 aromatic carbocycles. The van der Waals surface area contributed by atoms with E-state index in [2.05, 4.69) is 26.8 Å². The summed E-state index contributed by atoms with van der Waals surface area (Å²) in [4.78, 5) is 0. The summed E-state index contributed by atoms with van der Waals surface area (Å²) in [6.45, 7) is 6.33. The monoisotopic (exact) mass is 182 g/mol. The molecule has 0 fully saturated rings. The molecular formula is C12H22O. The van der Waals surface area contributed by atoms with Crippen molar-refractivity contribution in [2.24, 2.45) is 5.41 Å². The van der Waals surface area contributed by atoms with Crippen LogP contribution in [0.25, 0.3) is 0 Å². The van der Waals surface area contributed by atoms with E-state index in [4.69, 9.17) is 0 Å². The van der Waals surface area contributed by atoms with Crippen molar-refractivity contribution in [2.75, 3.05) is 0 Å². The Morgan fingerprint density at radius 3 is 2.46 bits per heavy atom. The normalized spacial score (nSPS) is 33.5. The molecule has 13 heavy (non-hydrogen) atoms. The van der Waals surface area contributed by atoms with Crippen molar-refractivity contribution in [3.63, 3.8) is 0 Å². The van der Waals surface area contributed by atoms with Gasteiger partial charge in [0.25, 0.3) is 0 Å². The summed E-state index contributed by atoms with van der Waals surface area (Å²) < 4.78 is 0. The highest BCUT2D eigenvalue weighted by Gasteiger charge is 2.36. The molecule has 1 nitrogen and oxygen atoms in total. The van der Waals surface area contributed by atoms with Gasteiger partial charge in [-0.25, -0.2) is 0 Å². The molecule has 1 rings (SSSR count). The Bertz CT molecular complexity index is 188. The van der Waals surface area contributed by atoms with Crippen molar-refractivity contribution in [3.05, 3.63) is 12.2 Å². The van der Waals surface area contributed by atoms with Crippen LogP contribution in [0, 0.1) is 5.41 Å². The fourth-order valence-corrected chi connectivity index (χ4v) is 1.82. The zero-order valence-corrected chi connectivity index (χ0v) is 9.14. The van der Waals surface area contributed by atoms with Crippen molar-refractivity contribution in [1.82, 2.24) is 0 Å². The first-order valence-corrected chi connectivity index (χ1v) is 5.36. The van der Waals surface area contributed by atoms with Crippen LogP contribution in [0.4, 0.5) is 0 Å². The highest BCUT2D eigenvalue weighted by atomic mass is 16.3. The molecule has 0 spiro atoms. The molecule has 1 N–H and O–H groups in total. The van der Waals surface area contributed by atoms with Crippen molar-refractivity contribution in [1.29, 1.82) is 0 Å². The molecule has 1 aliphatic carbocycles. The molecular weight excluding hydrogens is 160 g/mol. The molecule has 1 unspecified atom stereocenters. The van der Waals surface area contributed by atoms with Crippen LogP contribution in [0.3, 0.4) is 0 Å². The minimum atomic E-state index is -0.590. The Balaban J connectivity index is 2.78. The van der Waals surface area contributed by atoms with Crippen LogP contribution in [0.15, 0.2) is 12.2 Å². The summed E-state index contributed by atoms with van der Waals surface area (Å²) in [5, 5.41) is 10.4. The largest absolute Gasteiger partial charge is 0.385 e. The van der Waals surface area contributed by atoms with Crippen LogP contribution in [-0.2, 0) is 0 Å². The summed E-state index contributed by atoms with van der Waals surface area (Å²) in [7, 11) is 0. The van der Waals surface area contributed by atoms with Crippen LogP contribution in [-0.4, -0.2) is 10.7 Å². The lowest BCUT2D eigenvalue weighted by atomic mass is 9.72. The van der Waals surface area contributed by atoms with E-state index in [0.29, 0.717) is 0 Å². The average Bonchev–Trinajstić information content (AvgIpc) is 1.94. The van der Waals surface area contributed by atoms with E-state index in [1.54, 1.807) is 0 Å². The van der Waals surface area contributed by atoms with Gasteiger partial charge >= 0.3 is 0 Å². The molecule has 0 saturated heterocycles. The van der Waals surface area contributed by atoms with Crippen molar-refractivity contribution < 1.29 is 5.11 Å². The SMILES string of the molecule is CC(C)(C)C1(O)/C=C\CCCCC1. The Labute approximate surface area is 81.9 Å². The third-order valence-corrected chi connectivity index (χ3v) is 3.12. The molecule has 0 bridgehead atoms. The molecule has 0 aliphatic heterocycles. The maximum atomic E-state index is 10.4. The standard InChI is InChI=1S/C12H22O/c1-11(2,3)12(13)9-7-5-4-6-8-10-12/h7,9,13H,4-6,8,10H2,1-3H3/b9-7-. The Hall–Kier alpha value is -0.300. The molecule has 76 valence electrons. The van der Waals surface area contributed by atoms with Gasteiger partial charge in [0.15, 0.2) is 0 Å². The van der Waals surface area contributed by atoms with Crippen LogP contribution >= 0.6 is 0 Å². The minimum Gasteiger partial charge on any atom is -0.385 e.